The van der Waals surface area contributed by atoms with Crippen molar-refractivity contribution in [1.29, 1.82) is 0 Å². The van der Waals surface area contributed by atoms with Crippen LogP contribution in [0.5, 0.6) is 0 Å². The SMILES string of the molecule is CCNC(=NCCCC(=O)N1CCc2ccccc2C1)NCCCN1CCCCC1C.I. The van der Waals surface area contributed by atoms with Crippen LogP contribution in [0.25, 0.3) is 0 Å². The van der Waals surface area contributed by atoms with Gasteiger partial charge in [-0.15, -0.1) is 24.0 Å². The minimum absolute atomic E-state index is 0. The Kier molecular flexibility index (Phi) is 12.4. The van der Waals surface area contributed by atoms with Gasteiger partial charge in [-0.1, -0.05) is 30.7 Å². The maximum absolute atomic E-state index is 12.6. The Morgan fingerprint density at radius 3 is 2.72 bits per heavy atom. The molecule has 0 aromatic heterocycles. The van der Waals surface area contributed by atoms with Gasteiger partial charge in [0, 0.05) is 51.7 Å². The smallest absolute Gasteiger partial charge is 0.222 e. The highest BCUT2D eigenvalue weighted by molar-refractivity contribution is 14.0. The molecule has 1 amide bonds. The first-order chi connectivity index (χ1) is 15.2. The van der Waals surface area contributed by atoms with E-state index in [0.29, 0.717) is 13.0 Å². The predicted molar refractivity (Wildman–Crippen MR) is 144 cm³/mol. The van der Waals surface area contributed by atoms with E-state index >= 15 is 0 Å². The quantitative estimate of drug-likeness (QED) is 0.211. The van der Waals surface area contributed by atoms with E-state index < -0.39 is 0 Å². The summed E-state index contributed by atoms with van der Waals surface area (Å²) in [6.07, 6.45) is 7.50. The molecule has 32 heavy (non-hydrogen) atoms. The molecule has 1 unspecified atom stereocenters. The molecule has 0 spiro atoms. The summed E-state index contributed by atoms with van der Waals surface area (Å²) in [5.41, 5.74) is 2.67. The summed E-state index contributed by atoms with van der Waals surface area (Å²) in [6, 6.07) is 9.18. The normalized spacial score (nSPS) is 19.1. The maximum Gasteiger partial charge on any atom is 0.222 e. The van der Waals surface area contributed by atoms with Crippen molar-refractivity contribution in [2.45, 2.75) is 71.4 Å². The van der Waals surface area contributed by atoms with E-state index in [1.165, 1.54) is 36.9 Å². The second kappa shape index (κ2) is 14.7. The zero-order valence-electron chi connectivity index (χ0n) is 19.9. The Balaban J connectivity index is 0.00000363. The highest BCUT2D eigenvalue weighted by atomic mass is 127. The fraction of sp³-hybridized carbons (Fsp3) is 0.680. The highest BCUT2D eigenvalue weighted by Crippen LogP contribution is 2.19. The zero-order chi connectivity index (χ0) is 21.9. The van der Waals surface area contributed by atoms with Crippen LogP contribution >= 0.6 is 24.0 Å². The molecule has 0 radical (unpaired) electrons. The average molecular weight is 556 g/mol. The molecule has 0 bridgehead atoms. The summed E-state index contributed by atoms with van der Waals surface area (Å²) in [6.45, 7) is 10.9. The number of hydrogen-bond acceptors (Lipinski definition) is 3. The zero-order valence-corrected chi connectivity index (χ0v) is 22.3. The number of benzene rings is 1. The Morgan fingerprint density at radius 1 is 1.12 bits per heavy atom. The average Bonchev–Trinajstić information content (AvgIpc) is 2.80. The van der Waals surface area contributed by atoms with Crippen molar-refractivity contribution in [1.82, 2.24) is 20.4 Å². The van der Waals surface area contributed by atoms with Gasteiger partial charge in [0.15, 0.2) is 5.96 Å². The van der Waals surface area contributed by atoms with Gasteiger partial charge in [0.2, 0.25) is 5.91 Å². The first kappa shape index (κ1) is 26.9. The Morgan fingerprint density at radius 2 is 1.94 bits per heavy atom. The molecule has 0 aliphatic carbocycles. The van der Waals surface area contributed by atoms with Crippen molar-refractivity contribution in [2.24, 2.45) is 4.99 Å². The first-order valence-corrected chi connectivity index (χ1v) is 12.3. The third kappa shape index (κ3) is 8.54. The van der Waals surface area contributed by atoms with Crippen molar-refractivity contribution in [3.63, 3.8) is 0 Å². The standard InChI is InChI=1S/C25H41N5O.HI/c1-3-26-25(28-16-9-18-29-17-7-6-10-21(29)2)27-15-8-13-24(31)30-19-14-22-11-4-5-12-23(22)20-30;/h4-5,11-12,21H,3,6-10,13-20H2,1-2H3,(H2,26,27,28);1H. The van der Waals surface area contributed by atoms with Gasteiger partial charge in [0.1, 0.15) is 0 Å². The third-order valence-electron chi connectivity index (χ3n) is 6.50. The molecule has 2 N–H and O–H groups in total. The molecule has 2 aliphatic rings. The van der Waals surface area contributed by atoms with Crippen molar-refractivity contribution in [3.05, 3.63) is 35.4 Å². The molecule has 1 aromatic rings. The van der Waals surface area contributed by atoms with Gasteiger partial charge in [0.25, 0.3) is 0 Å². The van der Waals surface area contributed by atoms with Gasteiger partial charge in [-0.05, 0) is 63.6 Å². The largest absolute Gasteiger partial charge is 0.357 e. The summed E-state index contributed by atoms with van der Waals surface area (Å²) in [5, 5.41) is 6.78. The molecule has 2 aliphatic heterocycles. The van der Waals surface area contributed by atoms with Gasteiger partial charge in [0.05, 0.1) is 0 Å². The number of nitrogens with one attached hydrogen (secondary N) is 2. The minimum Gasteiger partial charge on any atom is -0.357 e. The van der Waals surface area contributed by atoms with E-state index in [1.54, 1.807) is 0 Å². The molecule has 1 saturated heterocycles. The van der Waals surface area contributed by atoms with Crippen LogP contribution < -0.4 is 10.6 Å². The number of carbonyl (C=O) groups excluding carboxylic acids is 1. The van der Waals surface area contributed by atoms with Crippen LogP contribution in [0.1, 0.15) is 63.5 Å². The van der Waals surface area contributed by atoms with Gasteiger partial charge in [-0.2, -0.15) is 0 Å². The van der Waals surface area contributed by atoms with E-state index in [0.717, 1.165) is 64.0 Å². The van der Waals surface area contributed by atoms with Crippen LogP contribution in [-0.4, -0.2) is 67.0 Å². The summed E-state index contributed by atoms with van der Waals surface area (Å²) in [4.78, 5) is 21.9. The Hall–Kier alpha value is -1.35. The maximum atomic E-state index is 12.6. The molecule has 1 aromatic carbocycles. The molecule has 2 heterocycles. The monoisotopic (exact) mass is 555 g/mol. The molecule has 0 saturated carbocycles. The van der Waals surface area contributed by atoms with Crippen LogP contribution in [0.15, 0.2) is 29.3 Å². The van der Waals surface area contributed by atoms with Gasteiger partial charge < -0.3 is 20.4 Å². The molecule has 7 heteroatoms. The second-order valence-electron chi connectivity index (χ2n) is 8.86. The van der Waals surface area contributed by atoms with Gasteiger partial charge in [-0.3, -0.25) is 9.79 Å². The minimum atomic E-state index is 0. The van der Waals surface area contributed by atoms with Crippen molar-refractivity contribution < 1.29 is 4.79 Å². The molecule has 1 fully saturated rings. The molecule has 1 atom stereocenters. The van der Waals surface area contributed by atoms with Crippen LogP contribution in [0.3, 0.4) is 0 Å². The van der Waals surface area contributed by atoms with Gasteiger partial charge >= 0.3 is 0 Å². The predicted octanol–water partition coefficient (Wildman–Crippen LogP) is 3.79. The number of aliphatic imine (C=N–C) groups is 1. The first-order valence-electron chi connectivity index (χ1n) is 12.3. The van der Waals surface area contributed by atoms with Crippen LogP contribution in [0.2, 0.25) is 0 Å². The summed E-state index contributed by atoms with van der Waals surface area (Å²) >= 11 is 0. The van der Waals surface area contributed by atoms with Crippen LogP contribution in [-0.2, 0) is 17.8 Å². The topological polar surface area (TPSA) is 60.0 Å². The number of rotatable bonds is 9. The van der Waals surface area contributed by atoms with E-state index in [1.807, 2.05) is 4.90 Å². The van der Waals surface area contributed by atoms with Gasteiger partial charge in [-0.25, -0.2) is 0 Å². The highest BCUT2D eigenvalue weighted by Gasteiger charge is 2.20. The molecule has 3 rings (SSSR count). The van der Waals surface area contributed by atoms with Crippen molar-refractivity contribution >= 4 is 35.8 Å². The Labute approximate surface area is 211 Å². The van der Waals surface area contributed by atoms with E-state index in [4.69, 9.17) is 0 Å². The summed E-state index contributed by atoms with van der Waals surface area (Å²) < 4.78 is 0. The van der Waals surface area contributed by atoms with Crippen LogP contribution in [0.4, 0.5) is 0 Å². The number of halogens is 1. The fourth-order valence-electron chi connectivity index (χ4n) is 4.61. The number of guanidine groups is 1. The number of amides is 1. The van der Waals surface area contributed by atoms with Crippen molar-refractivity contribution in [3.8, 4) is 0 Å². The number of piperidine rings is 1. The summed E-state index contributed by atoms with van der Waals surface area (Å²) in [7, 11) is 0. The Bertz CT molecular complexity index is 726. The fourth-order valence-corrected chi connectivity index (χ4v) is 4.61. The number of hydrogen-bond donors (Lipinski definition) is 2. The lowest BCUT2D eigenvalue weighted by molar-refractivity contribution is -0.132. The number of fused-ring (bicyclic) bond motifs is 1. The third-order valence-corrected chi connectivity index (χ3v) is 6.50. The number of nitrogens with zero attached hydrogens (tertiary/aromatic N) is 3. The molecular weight excluding hydrogens is 513 g/mol. The number of likely N-dealkylation sites (tertiary alicyclic amines) is 1. The van der Waals surface area contributed by atoms with E-state index in [-0.39, 0.29) is 29.9 Å². The molecule has 180 valence electrons. The lowest BCUT2D eigenvalue weighted by atomic mass is 9.99. The van der Waals surface area contributed by atoms with Crippen LogP contribution in [0, 0.1) is 0 Å². The van der Waals surface area contributed by atoms with Crippen molar-refractivity contribution in [2.75, 3.05) is 39.3 Å². The second-order valence-corrected chi connectivity index (χ2v) is 8.86. The number of carbonyl (C=O) groups is 1. The van der Waals surface area contributed by atoms with E-state index in [2.05, 4.69) is 58.6 Å². The lowest BCUT2D eigenvalue weighted by Crippen LogP contribution is -2.41. The van der Waals surface area contributed by atoms with E-state index in [9.17, 15) is 4.79 Å². The molecular formula is C25H42IN5O. The molecule has 6 nitrogen and oxygen atoms in total. The summed E-state index contributed by atoms with van der Waals surface area (Å²) in [5.74, 6) is 1.12. The lowest BCUT2D eigenvalue weighted by Gasteiger charge is -2.33.